The first kappa shape index (κ1) is 14.5. The summed E-state index contributed by atoms with van der Waals surface area (Å²) in [6.07, 6.45) is 1.15. The fourth-order valence-corrected chi connectivity index (χ4v) is 2.94. The van der Waals surface area contributed by atoms with Crippen LogP contribution in [0.4, 0.5) is 0 Å². The average Bonchev–Trinajstić information content (AvgIpc) is 2.41. The van der Waals surface area contributed by atoms with E-state index in [0.29, 0.717) is 11.8 Å². The number of hydrogen-bond acceptors (Lipinski definition) is 1. The summed E-state index contributed by atoms with van der Waals surface area (Å²) in [6.45, 7) is 4.50. The van der Waals surface area contributed by atoms with E-state index in [1.165, 1.54) is 20.9 Å². The Morgan fingerprint density at radius 3 is 1.74 bits per heavy atom. The summed E-state index contributed by atoms with van der Waals surface area (Å²) >= 11 is 7.58. The molecule has 0 saturated carbocycles. The lowest BCUT2D eigenvalue weighted by molar-refractivity contribution is 0.647. The van der Waals surface area contributed by atoms with Gasteiger partial charge in [0.25, 0.3) is 0 Å². The second-order valence-corrected chi connectivity index (χ2v) is 6.54. The molecular formula is C17H19ClS. The summed E-state index contributed by atoms with van der Waals surface area (Å²) in [5, 5.41) is 0. The van der Waals surface area contributed by atoms with Crippen LogP contribution in [-0.4, -0.2) is 0 Å². The highest BCUT2D eigenvalue weighted by molar-refractivity contribution is 7.99. The van der Waals surface area contributed by atoms with Gasteiger partial charge in [-0.05, 0) is 47.7 Å². The Morgan fingerprint density at radius 2 is 1.32 bits per heavy atom. The van der Waals surface area contributed by atoms with Crippen molar-refractivity contribution in [3.63, 3.8) is 0 Å². The van der Waals surface area contributed by atoms with Crippen LogP contribution >= 0.6 is 23.4 Å². The lowest BCUT2D eigenvalue weighted by atomic mass is 10.0. The lowest BCUT2D eigenvalue weighted by Crippen LogP contribution is -1.93. The van der Waals surface area contributed by atoms with Gasteiger partial charge >= 0.3 is 0 Å². The number of hydrogen-bond donors (Lipinski definition) is 0. The maximum Gasteiger partial charge on any atom is 0.0474 e. The zero-order valence-electron chi connectivity index (χ0n) is 11.4. The maximum atomic E-state index is 5.79. The third-order valence-electron chi connectivity index (χ3n) is 2.88. The van der Waals surface area contributed by atoms with Gasteiger partial charge in [-0.15, -0.1) is 11.6 Å². The number of rotatable bonds is 5. The van der Waals surface area contributed by atoms with Crippen molar-refractivity contribution in [3.05, 3.63) is 59.7 Å². The Kier molecular flexibility index (Phi) is 5.35. The van der Waals surface area contributed by atoms with E-state index < -0.39 is 0 Å². The molecule has 0 radical (unpaired) electrons. The van der Waals surface area contributed by atoms with Crippen LogP contribution in [-0.2, 0) is 12.3 Å². The van der Waals surface area contributed by atoms with Crippen LogP contribution < -0.4 is 0 Å². The van der Waals surface area contributed by atoms with E-state index in [2.05, 4.69) is 62.4 Å². The summed E-state index contributed by atoms with van der Waals surface area (Å²) in [5.41, 5.74) is 2.58. The highest BCUT2D eigenvalue weighted by Crippen LogP contribution is 2.28. The summed E-state index contributed by atoms with van der Waals surface area (Å²) in [6, 6.07) is 17.3. The van der Waals surface area contributed by atoms with Gasteiger partial charge in [-0.3, -0.25) is 0 Å². The maximum absolute atomic E-state index is 5.79. The predicted molar refractivity (Wildman–Crippen MR) is 85.1 cm³/mol. The van der Waals surface area contributed by atoms with Crippen molar-refractivity contribution in [3.8, 4) is 0 Å². The van der Waals surface area contributed by atoms with Gasteiger partial charge < -0.3 is 0 Å². The summed E-state index contributed by atoms with van der Waals surface area (Å²) < 4.78 is 0. The second kappa shape index (κ2) is 7.02. The van der Waals surface area contributed by atoms with Crippen LogP contribution in [0.3, 0.4) is 0 Å². The number of benzene rings is 2. The third kappa shape index (κ3) is 4.59. The second-order valence-electron chi connectivity index (χ2n) is 5.12. The Bertz CT molecular complexity index is 500. The molecule has 0 fully saturated rings. The molecular weight excluding hydrogens is 272 g/mol. The minimum Gasteiger partial charge on any atom is -0.122 e. The zero-order valence-corrected chi connectivity index (χ0v) is 13.0. The molecule has 2 aromatic rings. The normalized spacial score (nSPS) is 10.9. The minimum atomic E-state index is 0.578. The molecule has 0 bridgehead atoms. The van der Waals surface area contributed by atoms with Gasteiger partial charge in [-0.25, -0.2) is 0 Å². The van der Waals surface area contributed by atoms with Gasteiger partial charge in [-0.2, -0.15) is 0 Å². The fourth-order valence-electron chi connectivity index (χ4n) is 1.95. The summed E-state index contributed by atoms with van der Waals surface area (Å²) in [4.78, 5) is 2.54. The zero-order chi connectivity index (χ0) is 13.7. The van der Waals surface area contributed by atoms with Gasteiger partial charge in [0, 0.05) is 15.7 Å². The molecule has 0 spiro atoms. The first-order valence-corrected chi connectivity index (χ1v) is 7.94. The fraction of sp³-hybridized carbons (Fsp3) is 0.294. The monoisotopic (exact) mass is 290 g/mol. The third-order valence-corrected chi connectivity index (χ3v) is 4.21. The van der Waals surface area contributed by atoms with Crippen LogP contribution in [0.5, 0.6) is 0 Å². The van der Waals surface area contributed by atoms with E-state index in [4.69, 9.17) is 11.6 Å². The van der Waals surface area contributed by atoms with Crippen molar-refractivity contribution < 1.29 is 0 Å². The van der Waals surface area contributed by atoms with E-state index in [9.17, 15) is 0 Å². The average molecular weight is 291 g/mol. The van der Waals surface area contributed by atoms with Crippen LogP contribution in [0.15, 0.2) is 58.3 Å². The Balaban J connectivity index is 2.02. The lowest BCUT2D eigenvalue weighted by Gasteiger charge is -2.06. The van der Waals surface area contributed by atoms with E-state index in [0.717, 1.165) is 6.42 Å². The van der Waals surface area contributed by atoms with Crippen LogP contribution in [0.25, 0.3) is 0 Å². The molecule has 19 heavy (non-hydrogen) atoms. The molecule has 0 amide bonds. The smallest absolute Gasteiger partial charge is 0.0474 e. The summed E-state index contributed by atoms with van der Waals surface area (Å²) in [5.74, 6) is 1.29. The van der Waals surface area contributed by atoms with Gasteiger partial charge in [0.1, 0.15) is 0 Å². The molecule has 2 aromatic carbocycles. The SMILES string of the molecule is CC(C)Cc1ccc(Sc2ccc(CCl)cc2)cc1. The van der Waals surface area contributed by atoms with Gasteiger partial charge in [-0.1, -0.05) is 49.9 Å². The highest BCUT2D eigenvalue weighted by Gasteiger charge is 2.00. The molecule has 0 saturated heterocycles. The Labute approximate surface area is 125 Å². The van der Waals surface area contributed by atoms with Crippen molar-refractivity contribution in [2.45, 2.75) is 35.9 Å². The van der Waals surface area contributed by atoms with Crippen LogP contribution in [0.2, 0.25) is 0 Å². The standard InChI is InChI=1S/C17H19ClS/c1-13(2)11-14-3-7-16(8-4-14)19-17-9-5-15(12-18)6-10-17/h3-10,13H,11-12H2,1-2H3. The quantitative estimate of drug-likeness (QED) is 0.629. The molecule has 0 aliphatic heterocycles. The van der Waals surface area contributed by atoms with Gasteiger partial charge in [0.2, 0.25) is 0 Å². The van der Waals surface area contributed by atoms with Crippen molar-refractivity contribution in [2.24, 2.45) is 5.92 Å². The van der Waals surface area contributed by atoms with Crippen molar-refractivity contribution in [1.29, 1.82) is 0 Å². The first-order chi connectivity index (χ1) is 9.17. The van der Waals surface area contributed by atoms with Crippen molar-refractivity contribution in [2.75, 3.05) is 0 Å². The molecule has 0 nitrogen and oxygen atoms in total. The van der Waals surface area contributed by atoms with Gasteiger partial charge in [0.15, 0.2) is 0 Å². The van der Waals surface area contributed by atoms with E-state index in [1.54, 1.807) is 11.8 Å². The van der Waals surface area contributed by atoms with Crippen molar-refractivity contribution in [1.82, 2.24) is 0 Å². The molecule has 0 aliphatic carbocycles. The number of halogens is 1. The number of alkyl halides is 1. The Hall–Kier alpha value is -0.920. The summed E-state index contributed by atoms with van der Waals surface area (Å²) in [7, 11) is 0. The minimum absolute atomic E-state index is 0.578. The van der Waals surface area contributed by atoms with E-state index in [1.807, 2.05) is 0 Å². The van der Waals surface area contributed by atoms with Crippen LogP contribution in [0, 0.1) is 5.92 Å². The predicted octanol–water partition coefficient (Wildman–Crippen LogP) is 5.78. The van der Waals surface area contributed by atoms with Gasteiger partial charge in [0.05, 0.1) is 0 Å². The van der Waals surface area contributed by atoms with Crippen molar-refractivity contribution >= 4 is 23.4 Å². The topological polar surface area (TPSA) is 0 Å². The molecule has 0 heterocycles. The molecule has 2 rings (SSSR count). The molecule has 0 unspecified atom stereocenters. The molecule has 0 aromatic heterocycles. The van der Waals surface area contributed by atoms with E-state index in [-0.39, 0.29) is 0 Å². The molecule has 100 valence electrons. The largest absolute Gasteiger partial charge is 0.122 e. The molecule has 0 N–H and O–H groups in total. The molecule has 2 heteroatoms. The molecule has 0 atom stereocenters. The molecule has 0 aliphatic rings. The Morgan fingerprint density at radius 1 is 0.842 bits per heavy atom. The van der Waals surface area contributed by atoms with E-state index >= 15 is 0 Å². The highest BCUT2D eigenvalue weighted by atomic mass is 35.5. The van der Waals surface area contributed by atoms with Crippen LogP contribution in [0.1, 0.15) is 25.0 Å². The first-order valence-electron chi connectivity index (χ1n) is 6.59.